The molecule has 2 fully saturated rings. The van der Waals surface area contributed by atoms with Gasteiger partial charge in [-0.05, 0) is 56.4 Å². The zero-order valence-electron chi connectivity index (χ0n) is 19.9. The van der Waals surface area contributed by atoms with Crippen LogP contribution in [0.4, 0.5) is 4.79 Å². The summed E-state index contributed by atoms with van der Waals surface area (Å²) < 4.78 is 5.51. The Morgan fingerprint density at radius 1 is 1.31 bits per heavy atom. The number of nitrogens with zero attached hydrogens (tertiary/aromatic N) is 2. The molecular weight excluding hydrogens is 408 g/mol. The summed E-state index contributed by atoms with van der Waals surface area (Å²) in [4.78, 5) is 43.3. The first-order chi connectivity index (χ1) is 15.1. The highest BCUT2D eigenvalue weighted by molar-refractivity contribution is 6.09. The molecule has 176 valence electrons. The molecule has 0 bridgehead atoms. The summed E-state index contributed by atoms with van der Waals surface area (Å²) in [5, 5.41) is 5.65. The van der Waals surface area contributed by atoms with Crippen LogP contribution < -0.4 is 15.4 Å². The van der Waals surface area contributed by atoms with Gasteiger partial charge in [0.05, 0.1) is 6.10 Å². The molecule has 3 rings (SSSR count). The van der Waals surface area contributed by atoms with Crippen LogP contribution in [0.1, 0.15) is 72.3 Å². The highest BCUT2D eigenvalue weighted by atomic mass is 16.5. The molecule has 2 aliphatic rings. The maximum Gasteiger partial charge on any atom is 0.325 e. The predicted molar refractivity (Wildman–Crippen MR) is 121 cm³/mol. The molecule has 1 saturated heterocycles. The number of amides is 4. The van der Waals surface area contributed by atoms with Crippen molar-refractivity contribution in [3.63, 3.8) is 0 Å². The van der Waals surface area contributed by atoms with E-state index in [1.807, 2.05) is 19.9 Å². The van der Waals surface area contributed by atoms with Crippen LogP contribution in [0, 0.1) is 11.3 Å². The Labute approximate surface area is 190 Å². The van der Waals surface area contributed by atoms with Crippen molar-refractivity contribution >= 4 is 17.8 Å². The van der Waals surface area contributed by atoms with Crippen molar-refractivity contribution in [1.29, 1.82) is 0 Å². The third-order valence-corrected chi connectivity index (χ3v) is 7.05. The molecule has 1 saturated carbocycles. The van der Waals surface area contributed by atoms with E-state index in [1.54, 1.807) is 12.3 Å². The Bertz CT molecular complexity index is 842. The number of hydrogen-bond acceptors (Lipinski definition) is 5. The van der Waals surface area contributed by atoms with Gasteiger partial charge in [-0.2, -0.15) is 0 Å². The van der Waals surface area contributed by atoms with E-state index >= 15 is 0 Å². The number of nitrogens with one attached hydrogen (secondary N) is 2. The van der Waals surface area contributed by atoms with Gasteiger partial charge < -0.3 is 15.4 Å². The van der Waals surface area contributed by atoms with Gasteiger partial charge in [0.25, 0.3) is 5.91 Å². The van der Waals surface area contributed by atoms with E-state index in [9.17, 15) is 14.4 Å². The van der Waals surface area contributed by atoms with Gasteiger partial charge >= 0.3 is 6.03 Å². The summed E-state index contributed by atoms with van der Waals surface area (Å²) in [5.74, 6) is 0.402. The van der Waals surface area contributed by atoms with E-state index in [1.165, 1.54) is 0 Å². The molecule has 32 heavy (non-hydrogen) atoms. The first-order valence-electron chi connectivity index (χ1n) is 11.6. The van der Waals surface area contributed by atoms with Crippen LogP contribution in [-0.2, 0) is 16.1 Å². The molecule has 1 aromatic heterocycles. The molecule has 0 aromatic carbocycles. The molecule has 1 aliphatic carbocycles. The monoisotopic (exact) mass is 444 g/mol. The molecule has 1 aromatic rings. The Morgan fingerprint density at radius 3 is 2.56 bits per heavy atom. The fourth-order valence-corrected chi connectivity index (χ4v) is 4.57. The number of urea groups is 1. The average molecular weight is 445 g/mol. The Kier molecular flexibility index (Phi) is 7.10. The normalized spacial score (nSPS) is 23.6. The topological polar surface area (TPSA) is 101 Å². The van der Waals surface area contributed by atoms with Crippen LogP contribution in [0.3, 0.4) is 0 Å². The van der Waals surface area contributed by atoms with Crippen molar-refractivity contribution in [2.45, 2.75) is 84.9 Å². The van der Waals surface area contributed by atoms with Gasteiger partial charge in [0, 0.05) is 18.8 Å². The minimum absolute atomic E-state index is 0.0358. The number of ether oxygens (including phenoxy) is 1. The van der Waals surface area contributed by atoms with Crippen LogP contribution in [0.5, 0.6) is 5.88 Å². The van der Waals surface area contributed by atoms with Gasteiger partial charge in [0.2, 0.25) is 11.8 Å². The Hall–Kier alpha value is -2.64. The van der Waals surface area contributed by atoms with Crippen molar-refractivity contribution in [2.75, 3.05) is 6.54 Å². The van der Waals surface area contributed by atoms with E-state index in [0.717, 1.165) is 29.7 Å². The molecular formula is C24H36N4O4. The van der Waals surface area contributed by atoms with E-state index in [-0.39, 0.29) is 36.4 Å². The number of hydrogen-bond donors (Lipinski definition) is 2. The summed E-state index contributed by atoms with van der Waals surface area (Å²) >= 11 is 0. The fourth-order valence-electron chi connectivity index (χ4n) is 4.57. The van der Waals surface area contributed by atoms with Gasteiger partial charge in [-0.3, -0.25) is 14.5 Å². The third kappa shape index (κ3) is 5.22. The zero-order valence-corrected chi connectivity index (χ0v) is 19.9. The minimum atomic E-state index is -0.853. The van der Waals surface area contributed by atoms with Crippen LogP contribution >= 0.6 is 0 Å². The molecule has 1 spiro atoms. The van der Waals surface area contributed by atoms with Crippen molar-refractivity contribution in [1.82, 2.24) is 20.5 Å². The minimum Gasteiger partial charge on any atom is -0.475 e. The summed E-state index contributed by atoms with van der Waals surface area (Å²) in [6, 6.07) is 3.10. The average Bonchev–Trinajstić information content (AvgIpc) is 2.97. The van der Waals surface area contributed by atoms with Gasteiger partial charge in [0.1, 0.15) is 12.1 Å². The first-order valence-corrected chi connectivity index (χ1v) is 11.6. The number of imide groups is 1. The molecule has 0 atom stereocenters. The van der Waals surface area contributed by atoms with Gasteiger partial charge in [-0.1, -0.05) is 33.3 Å². The number of pyridine rings is 1. The molecule has 0 unspecified atom stereocenters. The zero-order chi connectivity index (χ0) is 23.5. The highest BCUT2D eigenvalue weighted by Crippen LogP contribution is 2.45. The largest absolute Gasteiger partial charge is 0.475 e. The molecule has 2 N–H and O–H groups in total. The van der Waals surface area contributed by atoms with Crippen LogP contribution in [0.2, 0.25) is 0 Å². The molecule has 8 nitrogen and oxygen atoms in total. The highest BCUT2D eigenvalue weighted by Gasteiger charge is 2.53. The third-order valence-electron chi connectivity index (χ3n) is 7.05. The van der Waals surface area contributed by atoms with E-state index in [0.29, 0.717) is 24.6 Å². The lowest BCUT2D eigenvalue weighted by atomic mass is 9.65. The maximum atomic E-state index is 13.1. The standard InChI is InChI=1S/C24H36N4O4/c1-6-23(4,5)18-9-11-24(12-10-18)21(30)28(22(31)27-24)15-19(29)25-13-17-7-8-20(26-14-17)32-16(2)3/h7-8,14,16,18H,6,9-13,15H2,1-5H3,(H,25,29)(H,27,31). The number of aromatic nitrogens is 1. The summed E-state index contributed by atoms with van der Waals surface area (Å²) in [6.07, 6.45) is 5.80. The predicted octanol–water partition coefficient (Wildman–Crippen LogP) is 3.40. The lowest BCUT2D eigenvalue weighted by molar-refractivity contribution is -0.136. The Balaban J connectivity index is 1.52. The summed E-state index contributed by atoms with van der Waals surface area (Å²) in [7, 11) is 0. The van der Waals surface area contributed by atoms with Crippen molar-refractivity contribution in [2.24, 2.45) is 11.3 Å². The number of carbonyl (C=O) groups is 3. The van der Waals surface area contributed by atoms with Gasteiger partial charge in [0.15, 0.2) is 0 Å². The SMILES string of the molecule is CCC(C)(C)C1CCC2(CC1)NC(=O)N(CC(=O)NCc1ccc(OC(C)C)nc1)C2=O. The number of rotatable bonds is 8. The fraction of sp³-hybridized carbons (Fsp3) is 0.667. The molecule has 4 amide bonds. The number of carbonyl (C=O) groups excluding carboxylic acids is 3. The van der Waals surface area contributed by atoms with Crippen molar-refractivity contribution in [3.05, 3.63) is 23.9 Å². The molecule has 8 heteroatoms. The smallest absolute Gasteiger partial charge is 0.325 e. The van der Waals surface area contributed by atoms with Crippen LogP contribution in [0.15, 0.2) is 18.3 Å². The van der Waals surface area contributed by atoms with E-state index in [4.69, 9.17) is 4.74 Å². The molecule has 1 aliphatic heterocycles. The van der Waals surface area contributed by atoms with Crippen LogP contribution in [-0.4, -0.2) is 45.9 Å². The van der Waals surface area contributed by atoms with Gasteiger partial charge in [-0.15, -0.1) is 0 Å². The maximum absolute atomic E-state index is 13.1. The second-order valence-corrected chi connectivity index (χ2v) is 9.97. The second-order valence-electron chi connectivity index (χ2n) is 9.97. The van der Waals surface area contributed by atoms with E-state index < -0.39 is 11.6 Å². The first kappa shape index (κ1) is 24.0. The van der Waals surface area contributed by atoms with Crippen molar-refractivity contribution < 1.29 is 19.1 Å². The molecule has 2 heterocycles. The van der Waals surface area contributed by atoms with E-state index in [2.05, 4.69) is 36.4 Å². The van der Waals surface area contributed by atoms with Gasteiger partial charge in [-0.25, -0.2) is 9.78 Å². The quantitative estimate of drug-likeness (QED) is 0.599. The lowest BCUT2D eigenvalue weighted by Crippen LogP contribution is -2.51. The summed E-state index contributed by atoms with van der Waals surface area (Å²) in [5.41, 5.74) is 0.175. The summed E-state index contributed by atoms with van der Waals surface area (Å²) in [6.45, 7) is 10.6. The lowest BCUT2D eigenvalue weighted by Gasteiger charge is -2.42. The van der Waals surface area contributed by atoms with Crippen LogP contribution in [0.25, 0.3) is 0 Å². The Morgan fingerprint density at radius 2 is 2.00 bits per heavy atom. The second kappa shape index (κ2) is 9.46. The van der Waals surface area contributed by atoms with Crippen molar-refractivity contribution in [3.8, 4) is 5.88 Å². The molecule has 0 radical (unpaired) electrons.